The van der Waals surface area contributed by atoms with E-state index in [1.807, 2.05) is 30.3 Å². The fourth-order valence-electron chi connectivity index (χ4n) is 7.13. The number of rotatable bonds is 8. The first kappa shape index (κ1) is 23.0. The van der Waals surface area contributed by atoms with Gasteiger partial charge in [-0.05, 0) is 87.0 Å². The molecule has 0 radical (unpaired) electrons. The van der Waals surface area contributed by atoms with Crippen LogP contribution < -0.4 is 10.2 Å². The fourth-order valence-corrected chi connectivity index (χ4v) is 8.15. The predicted octanol–water partition coefficient (Wildman–Crippen LogP) is 5.07. The van der Waals surface area contributed by atoms with E-state index in [2.05, 4.69) is 10.3 Å². The molecule has 0 atom stereocenters. The average Bonchev–Trinajstić information content (AvgIpc) is 2.95. The zero-order chi connectivity index (χ0) is 23.8. The highest BCUT2D eigenvalue weighted by molar-refractivity contribution is 7.99. The van der Waals surface area contributed by atoms with E-state index in [1.54, 1.807) is 17.2 Å². The average molecular weight is 492 g/mol. The van der Waals surface area contributed by atoms with E-state index in [-0.39, 0.29) is 17.4 Å². The number of ether oxygens (including phenoxy) is 1. The second kappa shape index (κ2) is 9.58. The van der Waals surface area contributed by atoms with Crippen molar-refractivity contribution >= 4 is 29.3 Å². The molecule has 1 aliphatic heterocycles. The van der Waals surface area contributed by atoms with Crippen molar-refractivity contribution in [2.45, 2.75) is 66.9 Å². The molecule has 0 unspecified atom stereocenters. The second-order valence-electron chi connectivity index (χ2n) is 10.8. The Kier molecular flexibility index (Phi) is 6.31. The molecule has 4 bridgehead atoms. The van der Waals surface area contributed by atoms with Gasteiger partial charge in [0.25, 0.3) is 5.91 Å². The Labute approximate surface area is 211 Å². The summed E-state index contributed by atoms with van der Waals surface area (Å²) in [5.74, 6) is 2.55. The van der Waals surface area contributed by atoms with Crippen molar-refractivity contribution in [3.05, 3.63) is 48.2 Å². The molecule has 2 heterocycles. The van der Waals surface area contributed by atoms with Crippen LogP contribution in [-0.4, -0.2) is 42.1 Å². The van der Waals surface area contributed by atoms with Crippen LogP contribution in [0.3, 0.4) is 0 Å². The van der Waals surface area contributed by atoms with Gasteiger partial charge in [0.05, 0.1) is 23.5 Å². The summed E-state index contributed by atoms with van der Waals surface area (Å²) in [5, 5.41) is 3.76. The number of aromatic nitrogens is 1. The lowest BCUT2D eigenvalue weighted by Crippen LogP contribution is -2.52. The van der Waals surface area contributed by atoms with Crippen LogP contribution in [0.4, 0.5) is 5.69 Å². The zero-order valence-electron chi connectivity index (χ0n) is 20.1. The van der Waals surface area contributed by atoms with Crippen molar-refractivity contribution in [3.8, 4) is 0 Å². The Hall–Kier alpha value is -2.38. The molecule has 2 aromatic rings. The molecular formula is C28H33N3O3S. The van der Waals surface area contributed by atoms with E-state index in [4.69, 9.17) is 4.74 Å². The van der Waals surface area contributed by atoms with E-state index < -0.39 is 0 Å². The molecule has 2 amide bonds. The van der Waals surface area contributed by atoms with E-state index in [9.17, 15) is 9.59 Å². The van der Waals surface area contributed by atoms with Crippen LogP contribution in [0, 0.1) is 17.8 Å². The summed E-state index contributed by atoms with van der Waals surface area (Å²) in [5.41, 5.74) is 1.58. The van der Waals surface area contributed by atoms with Crippen LogP contribution in [-0.2, 0) is 9.53 Å². The second-order valence-corrected chi connectivity index (χ2v) is 11.8. The number of carbonyl (C=O) groups excluding carboxylic acids is 2. The van der Waals surface area contributed by atoms with Gasteiger partial charge >= 0.3 is 0 Å². The van der Waals surface area contributed by atoms with Gasteiger partial charge in [-0.15, -0.1) is 0 Å². The molecule has 1 N–H and O–H groups in total. The van der Waals surface area contributed by atoms with Gasteiger partial charge in [-0.3, -0.25) is 9.59 Å². The largest absolute Gasteiger partial charge is 0.373 e. The molecular weight excluding hydrogens is 458 g/mol. The molecule has 4 aliphatic carbocycles. The first-order chi connectivity index (χ1) is 17.1. The van der Waals surface area contributed by atoms with Gasteiger partial charge in [0.2, 0.25) is 5.91 Å². The molecule has 35 heavy (non-hydrogen) atoms. The molecule has 7 rings (SSSR count). The topological polar surface area (TPSA) is 71.5 Å². The van der Waals surface area contributed by atoms with Crippen molar-refractivity contribution < 1.29 is 14.3 Å². The highest BCUT2D eigenvalue weighted by atomic mass is 32.2. The van der Waals surface area contributed by atoms with Crippen LogP contribution in [0.1, 0.15) is 61.7 Å². The van der Waals surface area contributed by atoms with Crippen molar-refractivity contribution in [3.63, 3.8) is 0 Å². The van der Waals surface area contributed by atoms with Gasteiger partial charge in [0.15, 0.2) is 0 Å². The highest BCUT2D eigenvalue weighted by Gasteiger charge is 2.51. The summed E-state index contributed by atoms with van der Waals surface area (Å²) < 4.78 is 6.42. The Morgan fingerprint density at radius 3 is 2.60 bits per heavy atom. The van der Waals surface area contributed by atoms with Gasteiger partial charge in [-0.1, -0.05) is 23.9 Å². The lowest BCUT2D eigenvalue weighted by Gasteiger charge is -2.56. The third kappa shape index (κ3) is 4.73. The number of para-hydroxylation sites is 1. The monoisotopic (exact) mass is 491 g/mol. The summed E-state index contributed by atoms with van der Waals surface area (Å²) in [6.07, 6.45) is 10.6. The number of benzene rings is 1. The molecule has 0 spiro atoms. The van der Waals surface area contributed by atoms with Gasteiger partial charge in [0, 0.05) is 30.6 Å². The minimum Gasteiger partial charge on any atom is -0.373 e. The van der Waals surface area contributed by atoms with Crippen molar-refractivity contribution in [2.75, 3.05) is 24.6 Å². The predicted molar refractivity (Wildman–Crippen MR) is 136 cm³/mol. The molecule has 1 aromatic carbocycles. The Morgan fingerprint density at radius 1 is 1.09 bits per heavy atom. The summed E-state index contributed by atoms with van der Waals surface area (Å²) in [7, 11) is 0. The standard InChI is InChI=1S/C28H33N3O3S/c32-25(29-10-12-34-28-16-19-13-20(17-28)15-21(14-19)18-28)8-4-11-31-23-6-1-2-7-24(23)35-26-22(27(31)33)5-3-9-30-26/h1-3,5-7,9,19-21H,4,8,10-18H2,(H,29,32). The molecule has 1 aromatic heterocycles. The molecule has 5 aliphatic rings. The van der Waals surface area contributed by atoms with Crippen molar-refractivity contribution in [1.29, 1.82) is 0 Å². The number of pyridine rings is 1. The smallest absolute Gasteiger partial charge is 0.261 e. The molecule has 7 heteroatoms. The van der Waals surface area contributed by atoms with Crippen LogP contribution in [0.2, 0.25) is 0 Å². The molecule has 6 nitrogen and oxygen atoms in total. The quantitative estimate of drug-likeness (QED) is 0.522. The summed E-state index contributed by atoms with van der Waals surface area (Å²) in [4.78, 5) is 33.0. The molecule has 4 fully saturated rings. The number of nitrogens with zero attached hydrogens (tertiary/aromatic N) is 2. The number of anilines is 1. The highest BCUT2D eigenvalue weighted by Crippen LogP contribution is 2.57. The number of carbonyl (C=O) groups is 2. The number of nitrogens with one attached hydrogen (secondary N) is 1. The first-order valence-corrected chi connectivity index (χ1v) is 13.8. The number of hydrogen-bond donors (Lipinski definition) is 1. The lowest BCUT2D eigenvalue weighted by molar-refractivity contribution is -0.161. The number of fused-ring (bicyclic) bond motifs is 2. The van der Waals surface area contributed by atoms with E-state index in [0.29, 0.717) is 38.1 Å². The van der Waals surface area contributed by atoms with E-state index in [0.717, 1.165) is 33.4 Å². The lowest BCUT2D eigenvalue weighted by atomic mass is 9.54. The van der Waals surface area contributed by atoms with E-state index in [1.165, 1.54) is 50.3 Å². The maximum Gasteiger partial charge on any atom is 0.261 e. The minimum absolute atomic E-state index is 0.0195. The van der Waals surface area contributed by atoms with Crippen molar-refractivity contribution in [2.24, 2.45) is 17.8 Å². The maximum atomic E-state index is 13.3. The Bertz CT molecular complexity index is 1080. The summed E-state index contributed by atoms with van der Waals surface area (Å²) >= 11 is 1.52. The van der Waals surface area contributed by atoms with Gasteiger partial charge in [0.1, 0.15) is 5.03 Å². The fraction of sp³-hybridized carbons (Fsp3) is 0.536. The first-order valence-electron chi connectivity index (χ1n) is 13.0. The van der Waals surface area contributed by atoms with Crippen LogP contribution >= 0.6 is 11.8 Å². The van der Waals surface area contributed by atoms with Crippen LogP contribution in [0.25, 0.3) is 0 Å². The van der Waals surface area contributed by atoms with Gasteiger partial charge in [-0.2, -0.15) is 0 Å². The van der Waals surface area contributed by atoms with Gasteiger partial charge < -0.3 is 15.0 Å². The van der Waals surface area contributed by atoms with E-state index >= 15 is 0 Å². The maximum absolute atomic E-state index is 13.3. The third-order valence-corrected chi connectivity index (χ3v) is 9.29. The van der Waals surface area contributed by atoms with Gasteiger partial charge in [-0.25, -0.2) is 4.98 Å². The number of amides is 2. The van der Waals surface area contributed by atoms with Crippen LogP contribution in [0.15, 0.2) is 52.5 Å². The minimum atomic E-state index is -0.0602. The summed E-state index contributed by atoms with van der Waals surface area (Å²) in [6.45, 7) is 1.64. The normalized spacial score (nSPS) is 28.4. The SMILES string of the molecule is O=C(CCCN1C(=O)c2cccnc2Sc2ccccc21)NCCOC12CC3CC(CC(C3)C1)C2. The Morgan fingerprint density at radius 2 is 1.83 bits per heavy atom. The number of hydrogen-bond acceptors (Lipinski definition) is 5. The summed E-state index contributed by atoms with van der Waals surface area (Å²) in [6, 6.07) is 11.5. The Balaban J connectivity index is 0.995. The van der Waals surface area contributed by atoms with Crippen LogP contribution in [0.5, 0.6) is 0 Å². The molecule has 184 valence electrons. The zero-order valence-corrected chi connectivity index (χ0v) is 20.9. The molecule has 0 saturated heterocycles. The third-order valence-electron chi connectivity index (χ3n) is 8.21. The van der Waals surface area contributed by atoms with Crippen molar-refractivity contribution in [1.82, 2.24) is 10.3 Å². The molecule has 4 saturated carbocycles.